The van der Waals surface area contributed by atoms with Crippen LogP contribution in [0.2, 0.25) is 0 Å². The molecular formula is C17H18N4O4S. The average Bonchev–Trinajstić information content (AvgIpc) is 2.53. The van der Waals surface area contributed by atoms with E-state index in [1.807, 2.05) is 6.92 Å². The summed E-state index contributed by atoms with van der Waals surface area (Å²) in [5.74, 6) is -0.182. The van der Waals surface area contributed by atoms with E-state index in [1.54, 1.807) is 0 Å². The van der Waals surface area contributed by atoms with Gasteiger partial charge >= 0.3 is 0 Å². The third-order valence-electron chi connectivity index (χ3n) is 3.95. The topological polar surface area (TPSA) is 118 Å². The SMILES string of the molecule is CC(=O)Nc1ccc(S(=O)(=O)Nc2ncc3c(n2)C[C@@H](C)CC3=O)cc1. The molecule has 0 spiro atoms. The van der Waals surface area contributed by atoms with Crippen LogP contribution < -0.4 is 10.0 Å². The predicted octanol–water partition coefficient (Wildman–Crippen LogP) is 2.00. The number of carbonyl (C=O) groups excluding carboxylic acids is 2. The first kappa shape index (κ1) is 18.0. The van der Waals surface area contributed by atoms with E-state index in [2.05, 4.69) is 20.0 Å². The molecule has 1 amide bonds. The summed E-state index contributed by atoms with van der Waals surface area (Å²) in [5.41, 5.74) is 1.50. The molecule has 136 valence electrons. The number of benzene rings is 1. The smallest absolute Gasteiger partial charge is 0.264 e. The van der Waals surface area contributed by atoms with Crippen LogP contribution in [0, 0.1) is 5.92 Å². The van der Waals surface area contributed by atoms with Crippen LogP contribution in [0.15, 0.2) is 35.4 Å². The maximum absolute atomic E-state index is 12.5. The van der Waals surface area contributed by atoms with Gasteiger partial charge in [-0.05, 0) is 36.6 Å². The number of sulfonamides is 1. The Kier molecular flexibility index (Phi) is 4.73. The van der Waals surface area contributed by atoms with Crippen molar-refractivity contribution in [3.05, 3.63) is 41.7 Å². The molecule has 3 rings (SSSR count). The van der Waals surface area contributed by atoms with Gasteiger partial charge in [0.1, 0.15) is 0 Å². The molecule has 0 unspecified atom stereocenters. The molecule has 1 heterocycles. The van der Waals surface area contributed by atoms with E-state index in [9.17, 15) is 18.0 Å². The van der Waals surface area contributed by atoms with Crippen LogP contribution in [0.25, 0.3) is 0 Å². The molecule has 0 saturated heterocycles. The molecule has 1 aliphatic rings. The van der Waals surface area contributed by atoms with E-state index in [1.165, 1.54) is 37.4 Å². The third-order valence-corrected chi connectivity index (χ3v) is 5.30. The Hall–Kier alpha value is -2.81. The van der Waals surface area contributed by atoms with Gasteiger partial charge in [0.05, 0.1) is 16.2 Å². The number of nitrogens with zero attached hydrogens (tertiary/aromatic N) is 2. The highest BCUT2D eigenvalue weighted by atomic mass is 32.2. The van der Waals surface area contributed by atoms with E-state index < -0.39 is 10.0 Å². The van der Waals surface area contributed by atoms with Gasteiger partial charge in [0, 0.05) is 25.2 Å². The number of anilines is 2. The predicted molar refractivity (Wildman–Crippen MR) is 95.4 cm³/mol. The van der Waals surface area contributed by atoms with Crippen molar-refractivity contribution in [3.63, 3.8) is 0 Å². The third kappa shape index (κ3) is 3.88. The van der Waals surface area contributed by atoms with Gasteiger partial charge < -0.3 is 5.32 Å². The fourth-order valence-corrected chi connectivity index (χ4v) is 3.73. The zero-order valence-electron chi connectivity index (χ0n) is 14.3. The number of Topliss-reactive ketones (excluding diaryl/α,β-unsaturated/α-hetero) is 1. The molecule has 0 fully saturated rings. The molecule has 2 N–H and O–H groups in total. The van der Waals surface area contributed by atoms with Crippen LogP contribution in [-0.4, -0.2) is 30.1 Å². The Balaban J connectivity index is 1.82. The van der Waals surface area contributed by atoms with E-state index in [0.717, 1.165) is 0 Å². The van der Waals surface area contributed by atoms with Crippen LogP contribution in [0.3, 0.4) is 0 Å². The molecule has 26 heavy (non-hydrogen) atoms. The van der Waals surface area contributed by atoms with Crippen molar-refractivity contribution in [3.8, 4) is 0 Å². The number of hydrogen-bond acceptors (Lipinski definition) is 6. The molecule has 1 atom stereocenters. The van der Waals surface area contributed by atoms with Crippen LogP contribution in [0.1, 0.15) is 36.3 Å². The van der Waals surface area contributed by atoms with Gasteiger partial charge in [-0.2, -0.15) is 0 Å². The van der Waals surface area contributed by atoms with Crippen molar-refractivity contribution in [2.45, 2.75) is 31.6 Å². The van der Waals surface area contributed by atoms with Crippen molar-refractivity contribution >= 4 is 33.3 Å². The van der Waals surface area contributed by atoms with Crippen LogP contribution in [-0.2, 0) is 21.2 Å². The summed E-state index contributed by atoms with van der Waals surface area (Å²) in [7, 11) is -3.88. The van der Waals surface area contributed by atoms with Gasteiger partial charge in [-0.3, -0.25) is 9.59 Å². The van der Waals surface area contributed by atoms with Crippen molar-refractivity contribution in [1.29, 1.82) is 0 Å². The molecule has 9 heteroatoms. The van der Waals surface area contributed by atoms with E-state index in [4.69, 9.17) is 0 Å². The molecule has 0 radical (unpaired) electrons. The summed E-state index contributed by atoms with van der Waals surface area (Å²) < 4.78 is 27.3. The molecule has 1 aromatic heterocycles. The molecule has 0 saturated carbocycles. The molecule has 1 aromatic carbocycles. The molecule has 1 aliphatic carbocycles. The van der Waals surface area contributed by atoms with Crippen LogP contribution >= 0.6 is 0 Å². The number of aromatic nitrogens is 2. The van der Waals surface area contributed by atoms with Crippen LogP contribution in [0.5, 0.6) is 0 Å². The summed E-state index contributed by atoms with van der Waals surface area (Å²) in [6, 6.07) is 5.73. The second-order valence-electron chi connectivity index (χ2n) is 6.30. The van der Waals surface area contributed by atoms with Gasteiger partial charge in [-0.25, -0.2) is 23.1 Å². The lowest BCUT2D eigenvalue weighted by Gasteiger charge is -2.19. The summed E-state index contributed by atoms with van der Waals surface area (Å²) in [6.07, 6.45) is 2.42. The summed E-state index contributed by atoms with van der Waals surface area (Å²) in [4.78, 5) is 31.2. The lowest BCUT2D eigenvalue weighted by Crippen LogP contribution is -2.22. The molecule has 8 nitrogen and oxygen atoms in total. The Morgan fingerprint density at radius 2 is 1.88 bits per heavy atom. The fourth-order valence-electron chi connectivity index (χ4n) is 2.78. The van der Waals surface area contributed by atoms with Crippen LogP contribution in [0.4, 0.5) is 11.6 Å². The highest BCUT2D eigenvalue weighted by Crippen LogP contribution is 2.24. The Morgan fingerprint density at radius 1 is 1.19 bits per heavy atom. The Labute approximate surface area is 151 Å². The standard InChI is InChI=1S/C17H18N4O4S/c1-10-7-15-14(16(23)8-10)9-18-17(20-15)21-26(24,25)13-5-3-12(4-6-13)19-11(2)22/h3-6,9-10H,7-8H2,1-2H3,(H,19,22)(H,18,20,21)/t10-/m1/s1. The van der Waals surface area contributed by atoms with Crippen molar-refractivity contribution < 1.29 is 18.0 Å². The van der Waals surface area contributed by atoms with Gasteiger partial charge in [0.25, 0.3) is 10.0 Å². The highest BCUT2D eigenvalue weighted by Gasteiger charge is 2.25. The van der Waals surface area contributed by atoms with E-state index >= 15 is 0 Å². The van der Waals surface area contributed by atoms with E-state index in [0.29, 0.717) is 29.8 Å². The minimum absolute atomic E-state index is 0.0115. The van der Waals surface area contributed by atoms with Gasteiger partial charge in [-0.15, -0.1) is 0 Å². The largest absolute Gasteiger partial charge is 0.326 e. The second-order valence-corrected chi connectivity index (χ2v) is 7.98. The summed E-state index contributed by atoms with van der Waals surface area (Å²) in [5, 5.41) is 2.56. The second kappa shape index (κ2) is 6.83. The maximum atomic E-state index is 12.5. The average molecular weight is 374 g/mol. The zero-order chi connectivity index (χ0) is 18.9. The zero-order valence-corrected chi connectivity index (χ0v) is 15.1. The van der Waals surface area contributed by atoms with Crippen molar-refractivity contribution in [2.75, 3.05) is 10.0 Å². The maximum Gasteiger partial charge on any atom is 0.264 e. The lowest BCUT2D eigenvalue weighted by molar-refractivity contribution is -0.114. The lowest BCUT2D eigenvalue weighted by atomic mass is 9.88. The molecular weight excluding hydrogens is 356 g/mol. The molecule has 0 bridgehead atoms. The number of carbonyl (C=O) groups is 2. The number of hydrogen-bond donors (Lipinski definition) is 2. The quantitative estimate of drug-likeness (QED) is 0.845. The number of ketones is 1. The van der Waals surface area contributed by atoms with Gasteiger partial charge in [-0.1, -0.05) is 6.92 Å². The van der Waals surface area contributed by atoms with E-state index in [-0.39, 0.29) is 28.5 Å². The first-order valence-corrected chi connectivity index (χ1v) is 9.52. The summed E-state index contributed by atoms with van der Waals surface area (Å²) in [6.45, 7) is 3.31. The summed E-state index contributed by atoms with van der Waals surface area (Å²) >= 11 is 0. The first-order chi connectivity index (χ1) is 12.2. The number of nitrogens with one attached hydrogen (secondary N) is 2. The molecule has 2 aromatic rings. The monoisotopic (exact) mass is 374 g/mol. The minimum atomic E-state index is -3.88. The first-order valence-electron chi connectivity index (χ1n) is 8.04. The normalized spacial score (nSPS) is 16.7. The fraction of sp³-hybridized carbons (Fsp3) is 0.294. The van der Waals surface area contributed by atoms with Crippen molar-refractivity contribution in [2.24, 2.45) is 5.92 Å². The Bertz CT molecular complexity index is 971. The Morgan fingerprint density at radius 3 is 2.54 bits per heavy atom. The highest BCUT2D eigenvalue weighted by molar-refractivity contribution is 7.92. The van der Waals surface area contributed by atoms with Gasteiger partial charge in [0.2, 0.25) is 11.9 Å². The minimum Gasteiger partial charge on any atom is -0.326 e. The number of amides is 1. The van der Waals surface area contributed by atoms with Gasteiger partial charge in [0.15, 0.2) is 5.78 Å². The van der Waals surface area contributed by atoms with Crippen molar-refractivity contribution in [1.82, 2.24) is 9.97 Å². The number of rotatable bonds is 4. The number of fused-ring (bicyclic) bond motifs is 1. The molecule has 0 aliphatic heterocycles.